The Bertz CT molecular complexity index is 832. The topological polar surface area (TPSA) is 107 Å². The Morgan fingerprint density at radius 2 is 2.00 bits per heavy atom. The van der Waals surface area contributed by atoms with Gasteiger partial charge in [-0.2, -0.15) is 0 Å². The molecule has 8 heteroatoms. The molecule has 2 aromatic heterocycles. The van der Waals surface area contributed by atoms with Crippen LogP contribution in [0.5, 0.6) is 0 Å². The predicted molar refractivity (Wildman–Crippen MR) is 82.7 cm³/mol. The highest BCUT2D eigenvalue weighted by molar-refractivity contribution is 5.52. The average molecular weight is 311 g/mol. The molecule has 0 unspecified atom stereocenters. The molecule has 0 aliphatic carbocycles. The molecular weight excluding hydrogens is 298 g/mol. The second kappa shape index (κ2) is 6.22. The Morgan fingerprint density at radius 1 is 1.22 bits per heavy atom. The van der Waals surface area contributed by atoms with Crippen LogP contribution in [0.3, 0.4) is 0 Å². The number of aromatic nitrogens is 3. The van der Waals surface area contributed by atoms with Gasteiger partial charge in [0.2, 0.25) is 5.89 Å². The van der Waals surface area contributed by atoms with Gasteiger partial charge < -0.3 is 9.73 Å². The van der Waals surface area contributed by atoms with Gasteiger partial charge in [-0.15, -0.1) is 5.10 Å². The van der Waals surface area contributed by atoms with Gasteiger partial charge in [0.1, 0.15) is 0 Å². The molecule has 0 fully saturated rings. The quantitative estimate of drug-likeness (QED) is 0.570. The second-order valence-electron chi connectivity index (χ2n) is 4.88. The SMILES string of the molecule is Cc1ccc(CNc2nnc(-c3ccncc3)o2)cc1[N+](=O)[O-]. The van der Waals surface area contributed by atoms with Crippen LogP contribution >= 0.6 is 0 Å². The largest absolute Gasteiger partial charge is 0.403 e. The number of pyridine rings is 1. The molecule has 0 amide bonds. The number of nitro groups is 1. The molecule has 1 N–H and O–H groups in total. The highest BCUT2D eigenvalue weighted by atomic mass is 16.6. The Hall–Kier alpha value is -3.29. The van der Waals surface area contributed by atoms with E-state index in [1.165, 1.54) is 6.07 Å². The van der Waals surface area contributed by atoms with Crippen LogP contribution in [0.25, 0.3) is 11.5 Å². The number of anilines is 1. The molecule has 3 rings (SSSR count). The van der Waals surface area contributed by atoms with Crippen LogP contribution in [0.1, 0.15) is 11.1 Å². The molecule has 0 aliphatic heterocycles. The van der Waals surface area contributed by atoms with Gasteiger partial charge in [-0.25, -0.2) is 0 Å². The first-order valence-corrected chi connectivity index (χ1v) is 6.85. The summed E-state index contributed by atoms with van der Waals surface area (Å²) < 4.78 is 5.50. The number of nitro benzene ring substituents is 1. The summed E-state index contributed by atoms with van der Waals surface area (Å²) in [5, 5.41) is 21.7. The molecule has 0 saturated heterocycles. The molecular formula is C15H13N5O3. The zero-order valence-corrected chi connectivity index (χ0v) is 12.3. The van der Waals surface area contributed by atoms with Crippen LogP contribution in [-0.2, 0) is 6.54 Å². The minimum atomic E-state index is -0.396. The fourth-order valence-corrected chi connectivity index (χ4v) is 2.05. The number of nitrogens with one attached hydrogen (secondary N) is 1. The van der Waals surface area contributed by atoms with E-state index in [1.54, 1.807) is 37.5 Å². The van der Waals surface area contributed by atoms with Crippen molar-refractivity contribution in [2.24, 2.45) is 0 Å². The van der Waals surface area contributed by atoms with Crippen molar-refractivity contribution in [1.82, 2.24) is 15.2 Å². The van der Waals surface area contributed by atoms with Gasteiger partial charge in [-0.05, 0) is 24.6 Å². The first-order valence-electron chi connectivity index (χ1n) is 6.85. The number of nitrogens with zero attached hydrogens (tertiary/aromatic N) is 4. The van der Waals surface area contributed by atoms with Crippen molar-refractivity contribution in [3.8, 4) is 11.5 Å². The maximum atomic E-state index is 10.9. The number of hydrogen-bond acceptors (Lipinski definition) is 7. The number of rotatable bonds is 5. The Labute approximate surface area is 131 Å². The molecule has 8 nitrogen and oxygen atoms in total. The standard InChI is InChI=1S/C15H13N5O3/c1-10-2-3-11(8-13(10)20(21)22)9-17-15-19-18-14(23-15)12-4-6-16-7-5-12/h2-8H,9H2,1H3,(H,17,19). The number of benzene rings is 1. The molecule has 0 bridgehead atoms. The van der Waals surface area contributed by atoms with Crippen molar-refractivity contribution < 1.29 is 9.34 Å². The van der Waals surface area contributed by atoms with Crippen LogP contribution in [0, 0.1) is 17.0 Å². The van der Waals surface area contributed by atoms with Gasteiger partial charge in [-0.1, -0.05) is 17.2 Å². The van der Waals surface area contributed by atoms with Gasteiger partial charge in [0.15, 0.2) is 0 Å². The van der Waals surface area contributed by atoms with E-state index in [1.807, 2.05) is 6.07 Å². The molecule has 23 heavy (non-hydrogen) atoms. The monoisotopic (exact) mass is 311 g/mol. The third kappa shape index (κ3) is 3.31. The van der Waals surface area contributed by atoms with Gasteiger partial charge >= 0.3 is 6.01 Å². The summed E-state index contributed by atoms with van der Waals surface area (Å²) >= 11 is 0. The number of hydrogen-bond donors (Lipinski definition) is 1. The van der Waals surface area contributed by atoms with E-state index in [2.05, 4.69) is 20.5 Å². The van der Waals surface area contributed by atoms with Crippen LogP contribution in [0.15, 0.2) is 47.1 Å². The van der Waals surface area contributed by atoms with Crippen molar-refractivity contribution in [3.05, 3.63) is 64.0 Å². The molecule has 0 spiro atoms. The highest BCUT2D eigenvalue weighted by Crippen LogP contribution is 2.21. The predicted octanol–water partition coefficient (Wildman–Crippen LogP) is 2.96. The summed E-state index contributed by atoms with van der Waals surface area (Å²) in [6, 6.07) is 8.84. The smallest absolute Gasteiger partial charge is 0.316 e. The zero-order chi connectivity index (χ0) is 16.2. The normalized spacial score (nSPS) is 10.5. The lowest BCUT2D eigenvalue weighted by atomic mass is 10.1. The summed E-state index contributed by atoms with van der Waals surface area (Å²) in [5.74, 6) is 0.379. The Morgan fingerprint density at radius 3 is 2.74 bits per heavy atom. The minimum absolute atomic E-state index is 0.0901. The van der Waals surface area contributed by atoms with Gasteiger partial charge in [-0.3, -0.25) is 15.1 Å². The van der Waals surface area contributed by atoms with Crippen LogP contribution in [-0.4, -0.2) is 20.1 Å². The molecule has 0 aliphatic rings. The van der Waals surface area contributed by atoms with E-state index in [9.17, 15) is 10.1 Å². The van der Waals surface area contributed by atoms with Crippen molar-refractivity contribution in [2.45, 2.75) is 13.5 Å². The van der Waals surface area contributed by atoms with Crippen molar-refractivity contribution in [2.75, 3.05) is 5.32 Å². The summed E-state index contributed by atoms with van der Waals surface area (Å²) in [5.41, 5.74) is 2.24. The average Bonchev–Trinajstić information content (AvgIpc) is 3.03. The van der Waals surface area contributed by atoms with Crippen LogP contribution in [0.2, 0.25) is 0 Å². The molecule has 0 radical (unpaired) electrons. The van der Waals surface area contributed by atoms with E-state index >= 15 is 0 Å². The molecule has 1 aromatic carbocycles. The lowest BCUT2D eigenvalue weighted by Crippen LogP contribution is -2.01. The summed E-state index contributed by atoms with van der Waals surface area (Å²) in [6.07, 6.45) is 3.27. The molecule has 0 atom stereocenters. The van der Waals surface area contributed by atoms with Gasteiger partial charge in [0, 0.05) is 36.1 Å². The third-order valence-electron chi connectivity index (χ3n) is 3.27. The fourth-order valence-electron chi connectivity index (χ4n) is 2.05. The van der Waals surface area contributed by atoms with Crippen LogP contribution < -0.4 is 5.32 Å². The summed E-state index contributed by atoms with van der Waals surface area (Å²) in [7, 11) is 0. The number of aryl methyl sites for hydroxylation is 1. The molecule has 3 aromatic rings. The summed E-state index contributed by atoms with van der Waals surface area (Å²) in [4.78, 5) is 14.5. The van der Waals surface area contributed by atoms with Crippen LogP contribution in [0.4, 0.5) is 11.7 Å². The zero-order valence-electron chi connectivity index (χ0n) is 12.3. The van der Waals surface area contributed by atoms with E-state index in [-0.39, 0.29) is 11.7 Å². The third-order valence-corrected chi connectivity index (χ3v) is 3.27. The van der Waals surface area contributed by atoms with Crippen molar-refractivity contribution in [3.63, 3.8) is 0 Å². The van der Waals surface area contributed by atoms with E-state index in [0.717, 1.165) is 11.1 Å². The maximum Gasteiger partial charge on any atom is 0.316 e. The first kappa shape index (κ1) is 14.6. The summed E-state index contributed by atoms with van der Waals surface area (Å²) in [6.45, 7) is 2.05. The van der Waals surface area contributed by atoms with Gasteiger partial charge in [0.05, 0.1) is 4.92 Å². The second-order valence-corrected chi connectivity index (χ2v) is 4.88. The maximum absolute atomic E-state index is 10.9. The molecule has 2 heterocycles. The Kier molecular flexibility index (Phi) is 3.96. The van der Waals surface area contributed by atoms with E-state index in [4.69, 9.17) is 4.42 Å². The minimum Gasteiger partial charge on any atom is -0.403 e. The lowest BCUT2D eigenvalue weighted by molar-refractivity contribution is -0.385. The van der Waals surface area contributed by atoms with E-state index in [0.29, 0.717) is 18.0 Å². The molecule has 0 saturated carbocycles. The molecule has 116 valence electrons. The lowest BCUT2D eigenvalue weighted by Gasteiger charge is -2.03. The van der Waals surface area contributed by atoms with Gasteiger partial charge in [0.25, 0.3) is 5.69 Å². The van der Waals surface area contributed by atoms with Crippen molar-refractivity contribution in [1.29, 1.82) is 0 Å². The highest BCUT2D eigenvalue weighted by Gasteiger charge is 2.12. The van der Waals surface area contributed by atoms with E-state index < -0.39 is 4.92 Å². The van der Waals surface area contributed by atoms with Crippen molar-refractivity contribution >= 4 is 11.7 Å². The first-order chi connectivity index (χ1) is 11.1. The fraction of sp³-hybridized carbons (Fsp3) is 0.133. The Balaban J connectivity index is 1.71.